The van der Waals surface area contributed by atoms with Gasteiger partial charge in [0.05, 0.1) is 22.4 Å². The maximum Gasteiger partial charge on any atom is 0.416 e. The molecule has 0 fully saturated rings. The minimum absolute atomic E-state index is 0.278. The largest absolute Gasteiger partial charge is 0.478 e. The summed E-state index contributed by atoms with van der Waals surface area (Å²) < 4.78 is 76.1. The first-order valence-electron chi connectivity index (χ1n) is 7.36. The van der Waals surface area contributed by atoms with Crippen LogP contribution in [0.3, 0.4) is 0 Å². The van der Waals surface area contributed by atoms with E-state index < -0.39 is 58.5 Å². The van der Waals surface area contributed by atoms with Gasteiger partial charge in [-0.1, -0.05) is 6.07 Å². The number of carboxylic acid groups (broad SMARTS) is 1. The van der Waals surface area contributed by atoms with Gasteiger partial charge in [-0.25, -0.2) is 9.78 Å². The molecule has 1 unspecified atom stereocenters. The summed E-state index contributed by atoms with van der Waals surface area (Å²) in [6.45, 7) is 0. The molecule has 4 N–H and O–H groups in total. The summed E-state index contributed by atoms with van der Waals surface area (Å²) in [6.07, 6.45) is -9.62. The normalized spacial score (nSPS) is 13.1. The summed E-state index contributed by atoms with van der Waals surface area (Å²) in [4.78, 5) is 27.0. The molecule has 1 heterocycles. The van der Waals surface area contributed by atoms with Crippen LogP contribution in [-0.4, -0.2) is 28.1 Å². The number of nitrogens with one attached hydrogen (secondary N) is 1. The quantitative estimate of drug-likeness (QED) is 0.672. The second kappa shape index (κ2) is 7.46. The molecule has 0 saturated heterocycles. The highest BCUT2D eigenvalue weighted by Gasteiger charge is 2.39. The Morgan fingerprint density at radius 3 is 2.21 bits per heavy atom. The molecule has 0 spiro atoms. The molecule has 0 aliphatic rings. The summed E-state index contributed by atoms with van der Waals surface area (Å²) in [6, 6.07) is 2.20. The van der Waals surface area contributed by atoms with Gasteiger partial charge < -0.3 is 16.2 Å². The van der Waals surface area contributed by atoms with Crippen LogP contribution >= 0.6 is 0 Å². The van der Waals surface area contributed by atoms with E-state index in [0.717, 1.165) is 18.2 Å². The van der Waals surface area contributed by atoms with Crippen molar-refractivity contribution in [3.8, 4) is 0 Å². The van der Waals surface area contributed by atoms with Gasteiger partial charge in [-0.15, -0.1) is 0 Å². The van der Waals surface area contributed by atoms with E-state index in [2.05, 4.69) is 4.98 Å². The molecule has 6 nitrogen and oxygen atoms in total. The minimum atomic E-state index is -4.83. The fourth-order valence-corrected chi connectivity index (χ4v) is 2.14. The predicted molar refractivity (Wildman–Crippen MR) is 83.6 cm³/mol. The Balaban J connectivity index is 2.34. The number of nitrogens with zero attached hydrogens (tertiary/aromatic N) is 1. The van der Waals surface area contributed by atoms with Gasteiger partial charge in [0.15, 0.2) is 0 Å². The Morgan fingerprint density at radius 1 is 1.04 bits per heavy atom. The number of amides is 1. The van der Waals surface area contributed by atoms with Crippen LogP contribution in [-0.2, 0) is 6.18 Å². The van der Waals surface area contributed by atoms with Gasteiger partial charge in [0, 0.05) is 0 Å². The lowest BCUT2D eigenvalue weighted by atomic mass is 10.0. The van der Waals surface area contributed by atoms with Gasteiger partial charge in [0.25, 0.3) is 5.91 Å². The zero-order valence-electron chi connectivity index (χ0n) is 13.6. The van der Waals surface area contributed by atoms with E-state index in [1.807, 2.05) is 5.32 Å². The predicted octanol–water partition coefficient (Wildman–Crippen LogP) is 3.61. The summed E-state index contributed by atoms with van der Waals surface area (Å²) >= 11 is 0. The van der Waals surface area contributed by atoms with Crippen LogP contribution in [0.15, 0.2) is 36.4 Å². The number of rotatable bonds is 4. The number of hydrogen-bond acceptors (Lipinski definition) is 4. The van der Waals surface area contributed by atoms with Gasteiger partial charge in [0.2, 0.25) is 0 Å². The fraction of sp³-hybridized carbons (Fsp3) is 0.188. The molecule has 2 rings (SSSR count). The molecule has 28 heavy (non-hydrogen) atoms. The molecule has 0 radical (unpaired) electrons. The lowest BCUT2D eigenvalue weighted by Gasteiger charge is -2.16. The Hall–Kier alpha value is -3.15. The van der Waals surface area contributed by atoms with E-state index in [4.69, 9.17) is 10.8 Å². The van der Waals surface area contributed by atoms with Crippen molar-refractivity contribution in [1.82, 2.24) is 4.98 Å². The van der Waals surface area contributed by atoms with Gasteiger partial charge in [0.1, 0.15) is 11.9 Å². The molecule has 1 amide bonds. The zero-order valence-corrected chi connectivity index (χ0v) is 13.6. The number of pyridine rings is 1. The molecule has 2 aromatic rings. The molecule has 150 valence electrons. The third kappa shape index (κ3) is 4.76. The molecule has 0 bridgehead atoms. The van der Waals surface area contributed by atoms with Crippen molar-refractivity contribution in [2.24, 2.45) is 5.73 Å². The van der Waals surface area contributed by atoms with Crippen LogP contribution in [0.25, 0.3) is 0 Å². The molecule has 0 aliphatic heterocycles. The summed E-state index contributed by atoms with van der Waals surface area (Å²) in [5.41, 5.74) is 1.56. The standard InChI is InChI=1S/C16H11F6N3O3/c17-15(18,19)7-4-5-8(9(6-7)14(27)28)13(26)25-11-3-1-2-10(24-11)12(23)16(20,21)22/h1-6,12H,23H2,(H,27,28)(H,24,25,26). The summed E-state index contributed by atoms with van der Waals surface area (Å²) in [5.74, 6) is -3.35. The number of halogens is 6. The topological polar surface area (TPSA) is 105 Å². The van der Waals surface area contributed by atoms with Crippen molar-refractivity contribution < 1.29 is 41.0 Å². The monoisotopic (exact) mass is 407 g/mol. The lowest BCUT2D eigenvalue weighted by Crippen LogP contribution is -2.29. The SMILES string of the molecule is NC(c1cccc(NC(=O)c2ccc(C(F)(F)F)cc2C(=O)O)n1)C(F)(F)F. The Labute approximate surface area is 153 Å². The third-order valence-corrected chi connectivity index (χ3v) is 3.51. The molecular formula is C16H11F6N3O3. The maximum absolute atomic E-state index is 12.7. The highest BCUT2D eigenvalue weighted by atomic mass is 19.4. The molecular weight excluding hydrogens is 396 g/mol. The number of anilines is 1. The Morgan fingerprint density at radius 2 is 1.68 bits per heavy atom. The molecule has 0 saturated carbocycles. The second-order valence-electron chi connectivity index (χ2n) is 5.48. The van der Waals surface area contributed by atoms with Crippen LogP contribution in [0.1, 0.15) is 38.0 Å². The first-order chi connectivity index (χ1) is 12.8. The van der Waals surface area contributed by atoms with E-state index in [9.17, 15) is 35.9 Å². The number of alkyl halides is 6. The molecule has 0 aliphatic carbocycles. The summed E-state index contributed by atoms with van der Waals surface area (Å²) in [7, 11) is 0. The molecule has 1 aromatic heterocycles. The first kappa shape index (κ1) is 21.2. The highest BCUT2D eigenvalue weighted by Crippen LogP contribution is 2.31. The number of nitrogens with two attached hydrogens (primary N) is 1. The van der Waals surface area contributed by atoms with Crippen molar-refractivity contribution in [2.75, 3.05) is 5.32 Å². The second-order valence-corrected chi connectivity index (χ2v) is 5.48. The van der Waals surface area contributed by atoms with Gasteiger partial charge in [-0.2, -0.15) is 26.3 Å². The van der Waals surface area contributed by atoms with Crippen LogP contribution in [0.5, 0.6) is 0 Å². The molecule has 1 atom stereocenters. The smallest absolute Gasteiger partial charge is 0.416 e. The van der Waals surface area contributed by atoms with E-state index in [0.29, 0.717) is 12.1 Å². The first-order valence-corrected chi connectivity index (χ1v) is 7.36. The van der Waals surface area contributed by atoms with E-state index >= 15 is 0 Å². The Bertz CT molecular complexity index is 911. The molecule has 1 aromatic carbocycles. The zero-order chi connectivity index (χ0) is 21.3. The van der Waals surface area contributed by atoms with Crippen molar-refractivity contribution >= 4 is 17.7 Å². The van der Waals surface area contributed by atoms with Gasteiger partial charge in [-0.3, -0.25) is 4.79 Å². The number of aromatic nitrogens is 1. The number of carboxylic acids is 1. The molecule has 12 heteroatoms. The maximum atomic E-state index is 12.7. The van der Waals surface area contributed by atoms with E-state index in [1.54, 1.807) is 0 Å². The number of carbonyl (C=O) groups is 2. The van der Waals surface area contributed by atoms with Crippen molar-refractivity contribution in [1.29, 1.82) is 0 Å². The number of aromatic carboxylic acids is 1. The van der Waals surface area contributed by atoms with Crippen LogP contribution in [0, 0.1) is 0 Å². The summed E-state index contributed by atoms with van der Waals surface area (Å²) in [5, 5.41) is 11.1. The van der Waals surface area contributed by atoms with Crippen molar-refractivity contribution in [2.45, 2.75) is 18.4 Å². The van der Waals surface area contributed by atoms with Crippen LogP contribution < -0.4 is 11.1 Å². The van der Waals surface area contributed by atoms with Crippen molar-refractivity contribution in [3.63, 3.8) is 0 Å². The third-order valence-electron chi connectivity index (χ3n) is 3.51. The van der Waals surface area contributed by atoms with E-state index in [1.165, 1.54) is 0 Å². The number of carbonyl (C=O) groups excluding carboxylic acids is 1. The van der Waals surface area contributed by atoms with E-state index in [-0.39, 0.29) is 6.07 Å². The van der Waals surface area contributed by atoms with Gasteiger partial charge in [-0.05, 0) is 30.3 Å². The Kier molecular flexibility index (Phi) is 5.64. The number of hydrogen-bond donors (Lipinski definition) is 3. The fourth-order valence-electron chi connectivity index (χ4n) is 2.14. The van der Waals surface area contributed by atoms with Gasteiger partial charge >= 0.3 is 18.3 Å². The number of benzene rings is 1. The lowest BCUT2D eigenvalue weighted by molar-refractivity contribution is -0.150. The average molecular weight is 407 g/mol. The minimum Gasteiger partial charge on any atom is -0.478 e. The van der Waals surface area contributed by atoms with Crippen molar-refractivity contribution in [3.05, 3.63) is 58.8 Å². The van der Waals surface area contributed by atoms with Crippen LogP contribution in [0.2, 0.25) is 0 Å². The highest BCUT2D eigenvalue weighted by molar-refractivity contribution is 6.10. The average Bonchev–Trinajstić information content (AvgIpc) is 2.59. The van der Waals surface area contributed by atoms with Crippen LogP contribution in [0.4, 0.5) is 32.2 Å².